The molecule has 2 aromatic heterocycles. The normalized spacial score (nSPS) is 29.1. The number of anilines is 1. The third-order valence-electron chi connectivity index (χ3n) is 3.39. The van der Waals surface area contributed by atoms with Gasteiger partial charge in [0.25, 0.3) is 0 Å². The van der Waals surface area contributed by atoms with Crippen molar-refractivity contribution in [2.45, 2.75) is 24.5 Å². The van der Waals surface area contributed by atoms with E-state index in [0.717, 1.165) is 0 Å². The Hall–Kier alpha value is -2.01. The van der Waals surface area contributed by atoms with Crippen LogP contribution in [0.4, 0.5) is 5.95 Å². The van der Waals surface area contributed by atoms with E-state index in [-0.39, 0.29) is 11.8 Å². The molecule has 0 saturated carbocycles. The Morgan fingerprint density at radius 3 is 2.76 bits per heavy atom. The van der Waals surface area contributed by atoms with Crippen LogP contribution in [0, 0.1) is 0 Å². The Morgan fingerprint density at radius 2 is 2.14 bits per heavy atom. The van der Waals surface area contributed by atoms with Crippen LogP contribution in [0.2, 0.25) is 0 Å². The average molecular weight is 297 g/mol. The highest BCUT2D eigenvalue weighted by Crippen LogP contribution is 2.32. The predicted octanol–water partition coefficient (Wildman–Crippen LogP) is -1.97. The van der Waals surface area contributed by atoms with Crippen molar-refractivity contribution in [2.75, 3.05) is 19.5 Å². The van der Waals surface area contributed by atoms with E-state index in [9.17, 15) is 10.2 Å². The van der Waals surface area contributed by atoms with Crippen molar-refractivity contribution in [2.24, 2.45) is 0 Å². The van der Waals surface area contributed by atoms with Crippen molar-refractivity contribution in [3.8, 4) is 5.88 Å². The zero-order valence-corrected chi connectivity index (χ0v) is 11.1. The number of nitrogens with two attached hydrogens (primary N) is 1. The van der Waals surface area contributed by atoms with Gasteiger partial charge < -0.3 is 30.5 Å². The summed E-state index contributed by atoms with van der Waals surface area (Å²) in [4.78, 5) is 12.1. The molecule has 0 aliphatic carbocycles. The van der Waals surface area contributed by atoms with E-state index >= 15 is 0 Å². The molecule has 0 unspecified atom stereocenters. The van der Waals surface area contributed by atoms with Crippen LogP contribution in [0.5, 0.6) is 5.88 Å². The molecule has 1 aliphatic heterocycles. The predicted molar refractivity (Wildman–Crippen MR) is 69.3 cm³/mol. The summed E-state index contributed by atoms with van der Waals surface area (Å²) in [6.07, 6.45) is -2.90. The van der Waals surface area contributed by atoms with E-state index in [0.29, 0.717) is 11.2 Å². The van der Waals surface area contributed by atoms with Gasteiger partial charge in [0, 0.05) is 0 Å². The SMILES string of the molecule is COc1nc(N)nc2c1ncn2[C@H]1O[C@H](CO)[C@@H](O)[C@@H]1O. The zero-order valence-electron chi connectivity index (χ0n) is 11.1. The minimum absolute atomic E-state index is 0.0205. The van der Waals surface area contributed by atoms with Gasteiger partial charge in [0.05, 0.1) is 20.0 Å². The first-order valence-electron chi connectivity index (χ1n) is 6.23. The number of ether oxygens (including phenoxy) is 2. The lowest BCUT2D eigenvalue weighted by Gasteiger charge is -2.16. The molecule has 4 atom stereocenters. The lowest BCUT2D eigenvalue weighted by Crippen LogP contribution is -2.33. The number of methoxy groups -OCH3 is 1. The lowest BCUT2D eigenvalue weighted by molar-refractivity contribution is -0.0511. The van der Waals surface area contributed by atoms with Gasteiger partial charge in [0.15, 0.2) is 17.4 Å². The molecule has 1 saturated heterocycles. The summed E-state index contributed by atoms with van der Waals surface area (Å²) >= 11 is 0. The molecule has 114 valence electrons. The van der Waals surface area contributed by atoms with Crippen molar-refractivity contribution < 1.29 is 24.8 Å². The first-order chi connectivity index (χ1) is 10.1. The minimum Gasteiger partial charge on any atom is -0.479 e. The maximum atomic E-state index is 10.0. The maximum absolute atomic E-state index is 10.0. The largest absolute Gasteiger partial charge is 0.479 e. The molecule has 10 heteroatoms. The molecule has 1 fully saturated rings. The van der Waals surface area contributed by atoms with E-state index in [1.165, 1.54) is 18.0 Å². The summed E-state index contributed by atoms with van der Waals surface area (Å²) in [5, 5.41) is 29.0. The first-order valence-corrected chi connectivity index (χ1v) is 6.23. The number of nitrogens with zero attached hydrogens (tertiary/aromatic N) is 4. The standard InChI is InChI=1S/C11H15N5O5/c1-20-9-5-8(14-11(12)15-9)16(3-13-5)10-7(19)6(18)4(2-17)21-10/h3-4,6-7,10,17-19H,2H2,1H3,(H2,12,14,15)/t4-,6-,7+,10+/m1/s1. The summed E-state index contributed by atoms with van der Waals surface area (Å²) in [6, 6.07) is 0. The Balaban J connectivity index is 2.07. The first kappa shape index (κ1) is 13.9. The van der Waals surface area contributed by atoms with E-state index in [1.807, 2.05) is 0 Å². The van der Waals surface area contributed by atoms with Gasteiger partial charge >= 0.3 is 0 Å². The molecule has 10 nitrogen and oxygen atoms in total. The molecule has 3 rings (SSSR count). The van der Waals surface area contributed by atoms with Gasteiger partial charge in [-0.2, -0.15) is 9.97 Å². The van der Waals surface area contributed by atoms with Crippen molar-refractivity contribution >= 4 is 17.1 Å². The van der Waals surface area contributed by atoms with E-state index in [2.05, 4.69) is 15.0 Å². The Morgan fingerprint density at radius 1 is 1.38 bits per heavy atom. The number of fused-ring (bicyclic) bond motifs is 1. The van der Waals surface area contributed by atoms with Crippen molar-refractivity contribution in [3.63, 3.8) is 0 Å². The number of imidazole rings is 1. The fraction of sp³-hybridized carbons (Fsp3) is 0.545. The van der Waals surface area contributed by atoms with Crippen LogP contribution in [-0.2, 0) is 4.74 Å². The highest BCUT2D eigenvalue weighted by molar-refractivity contribution is 5.77. The van der Waals surface area contributed by atoms with Gasteiger partial charge in [-0.3, -0.25) is 4.57 Å². The number of aliphatic hydroxyl groups is 3. The highest BCUT2D eigenvalue weighted by atomic mass is 16.6. The molecule has 0 aromatic carbocycles. The third kappa shape index (κ3) is 2.08. The van der Waals surface area contributed by atoms with Crippen molar-refractivity contribution in [3.05, 3.63) is 6.33 Å². The number of hydrogen-bond donors (Lipinski definition) is 4. The number of hydrogen-bond acceptors (Lipinski definition) is 9. The fourth-order valence-corrected chi connectivity index (χ4v) is 2.35. The van der Waals surface area contributed by atoms with E-state index in [1.54, 1.807) is 0 Å². The molecule has 21 heavy (non-hydrogen) atoms. The molecular formula is C11H15N5O5. The molecular weight excluding hydrogens is 282 g/mol. The van der Waals surface area contributed by atoms with Crippen LogP contribution in [0.1, 0.15) is 6.23 Å². The quantitative estimate of drug-likeness (QED) is 0.506. The van der Waals surface area contributed by atoms with E-state index < -0.39 is 31.1 Å². The topological polar surface area (TPSA) is 149 Å². The minimum atomic E-state index is -1.23. The third-order valence-corrected chi connectivity index (χ3v) is 3.39. The molecule has 0 bridgehead atoms. The fourth-order valence-electron chi connectivity index (χ4n) is 2.35. The van der Waals surface area contributed by atoms with Gasteiger partial charge in [0.2, 0.25) is 11.8 Å². The highest BCUT2D eigenvalue weighted by Gasteiger charge is 2.44. The molecule has 0 amide bonds. The maximum Gasteiger partial charge on any atom is 0.246 e. The number of aliphatic hydroxyl groups excluding tert-OH is 3. The van der Waals surface area contributed by atoms with Gasteiger partial charge in [-0.25, -0.2) is 4.98 Å². The van der Waals surface area contributed by atoms with E-state index in [4.69, 9.17) is 20.3 Å². The van der Waals surface area contributed by atoms with Crippen LogP contribution in [0.3, 0.4) is 0 Å². The zero-order chi connectivity index (χ0) is 15.1. The van der Waals surface area contributed by atoms with Gasteiger partial charge in [0.1, 0.15) is 18.3 Å². The van der Waals surface area contributed by atoms with Gasteiger partial charge in [-0.05, 0) is 0 Å². The summed E-state index contributed by atoms with van der Waals surface area (Å²) in [5.74, 6) is 0.177. The second-order valence-electron chi connectivity index (χ2n) is 4.64. The second-order valence-corrected chi connectivity index (χ2v) is 4.64. The molecule has 5 N–H and O–H groups in total. The molecule has 3 heterocycles. The average Bonchev–Trinajstić information content (AvgIpc) is 3.01. The number of rotatable bonds is 3. The van der Waals surface area contributed by atoms with Crippen LogP contribution < -0.4 is 10.5 Å². The van der Waals surface area contributed by atoms with Gasteiger partial charge in [-0.15, -0.1) is 0 Å². The molecule has 0 radical (unpaired) electrons. The molecule has 1 aliphatic rings. The van der Waals surface area contributed by atoms with Crippen molar-refractivity contribution in [1.82, 2.24) is 19.5 Å². The summed E-state index contributed by atoms with van der Waals surface area (Å²) in [5.41, 5.74) is 6.26. The Labute approximate surface area is 118 Å². The van der Waals surface area contributed by atoms with Crippen LogP contribution >= 0.6 is 0 Å². The summed E-state index contributed by atoms with van der Waals surface area (Å²) in [7, 11) is 1.42. The summed E-state index contributed by atoms with van der Waals surface area (Å²) < 4.78 is 11.9. The monoisotopic (exact) mass is 297 g/mol. The number of nitrogen functional groups attached to an aromatic ring is 1. The second kappa shape index (κ2) is 5.07. The van der Waals surface area contributed by atoms with Crippen LogP contribution in [-0.4, -0.2) is 66.9 Å². The van der Waals surface area contributed by atoms with Gasteiger partial charge in [-0.1, -0.05) is 0 Å². The van der Waals surface area contributed by atoms with Crippen molar-refractivity contribution in [1.29, 1.82) is 0 Å². The molecule has 2 aromatic rings. The summed E-state index contributed by atoms with van der Waals surface area (Å²) in [6.45, 7) is -0.415. The molecule has 0 spiro atoms. The Kier molecular flexibility index (Phi) is 3.37. The smallest absolute Gasteiger partial charge is 0.246 e. The van der Waals surface area contributed by atoms with Crippen LogP contribution in [0.15, 0.2) is 6.33 Å². The van der Waals surface area contributed by atoms with Crippen LogP contribution in [0.25, 0.3) is 11.2 Å². The lowest BCUT2D eigenvalue weighted by atomic mass is 10.1. The Bertz CT molecular complexity index is 662. The number of aromatic nitrogens is 4.